The monoisotopic (exact) mass is 296 g/mol. The predicted molar refractivity (Wildman–Crippen MR) is 85.3 cm³/mol. The summed E-state index contributed by atoms with van der Waals surface area (Å²) in [6, 6.07) is 8.35. The van der Waals surface area contributed by atoms with Crippen molar-refractivity contribution in [1.82, 2.24) is 4.90 Å². The van der Waals surface area contributed by atoms with Gasteiger partial charge in [0.25, 0.3) is 5.91 Å². The molecule has 2 atom stereocenters. The number of hydrogen-bond donors (Lipinski definition) is 1. The minimum Gasteiger partial charge on any atom is -0.336 e. The van der Waals surface area contributed by atoms with Gasteiger partial charge in [0.05, 0.1) is 0 Å². The van der Waals surface area contributed by atoms with E-state index in [2.05, 4.69) is 26.0 Å². The third-order valence-electron chi connectivity index (χ3n) is 4.00. The molecule has 1 aliphatic heterocycles. The Labute approximate surface area is 127 Å². The van der Waals surface area contributed by atoms with E-state index in [0.29, 0.717) is 18.5 Å². The largest absolute Gasteiger partial charge is 0.336 e. The first-order valence-electron chi connectivity index (χ1n) is 7.25. The number of carbonyl (C=O) groups is 1. The van der Waals surface area contributed by atoms with Crippen molar-refractivity contribution in [1.29, 1.82) is 0 Å². The highest BCUT2D eigenvalue weighted by Gasteiger charge is 2.31. The summed E-state index contributed by atoms with van der Waals surface area (Å²) in [6.07, 6.45) is 3.23. The van der Waals surface area contributed by atoms with Crippen LogP contribution in [0.5, 0.6) is 0 Å². The lowest BCUT2D eigenvalue weighted by Gasteiger charge is -2.21. The third-order valence-corrected chi connectivity index (χ3v) is 4.00. The molecular formula is C16H25ClN2O. The summed E-state index contributed by atoms with van der Waals surface area (Å²) in [5, 5.41) is 0. The average Bonchev–Trinajstić information content (AvgIpc) is 2.80. The van der Waals surface area contributed by atoms with E-state index in [1.807, 2.05) is 17.0 Å². The highest BCUT2D eigenvalue weighted by molar-refractivity contribution is 5.94. The van der Waals surface area contributed by atoms with Crippen molar-refractivity contribution in [3.05, 3.63) is 35.4 Å². The van der Waals surface area contributed by atoms with Crippen LogP contribution in [0.3, 0.4) is 0 Å². The number of halogens is 1. The molecule has 0 saturated carbocycles. The van der Waals surface area contributed by atoms with E-state index < -0.39 is 0 Å². The van der Waals surface area contributed by atoms with E-state index in [4.69, 9.17) is 5.73 Å². The Hall–Kier alpha value is -1.06. The zero-order valence-corrected chi connectivity index (χ0v) is 13.2. The first-order chi connectivity index (χ1) is 9.15. The fraction of sp³-hybridized carbons (Fsp3) is 0.562. The number of nitrogens with zero attached hydrogens (tertiary/aromatic N) is 1. The first-order valence-corrected chi connectivity index (χ1v) is 7.25. The summed E-state index contributed by atoms with van der Waals surface area (Å²) in [4.78, 5) is 14.4. The molecule has 2 unspecified atom stereocenters. The van der Waals surface area contributed by atoms with Crippen LogP contribution >= 0.6 is 12.4 Å². The number of benzene rings is 1. The predicted octanol–water partition coefficient (Wildman–Crippen LogP) is 2.87. The molecular weight excluding hydrogens is 272 g/mol. The topological polar surface area (TPSA) is 46.3 Å². The van der Waals surface area contributed by atoms with Gasteiger partial charge in [-0.3, -0.25) is 4.79 Å². The van der Waals surface area contributed by atoms with Crippen molar-refractivity contribution in [2.24, 2.45) is 11.7 Å². The van der Waals surface area contributed by atoms with E-state index in [9.17, 15) is 4.79 Å². The summed E-state index contributed by atoms with van der Waals surface area (Å²) in [6.45, 7) is 5.74. The summed E-state index contributed by atoms with van der Waals surface area (Å²) in [7, 11) is 0. The van der Waals surface area contributed by atoms with Crippen LogP contribution < -0.4 is 5.73 Å². The molecule has 0 bridgehead atoms. The van der Waals surface area contributed by atoms with Crippen LogP contribution in [0, 0.1) is 5.92 Å². The molecule has 1 heterocycles. The molecule has 1 aromatic rings. The van der Waals surface area contributed by atoms with E-state index in [-0.39, 0.29) is 18.3 Å². The lowest BCUT2D eigenvalue weighted by atomic mass is 10.1. The van der Waals surface area contributed by atoms with Crippen LogP contribution in [0.4, 0.5) is 0 Å². The second-order valence-corrected chi connectivity index (χ2v) is 5.59. The van der Waals surface area contributed by atoms with Crippen molar-refractivity contribution in [2.45, 2.75) is 39.2 Å². The highest BCUT2D eigenvalue weighted by atomic mass is 35.5. The lowest BCUT2D eigenvalue weighted by Crippen LogP contribution is -2.34. The van der Waals surface area contributed by atoms with Crippen molar-refractivity contribution in [3.63, 3.8) is 0 Å². The molecule has 0 aliphatic carbocycles. The molecule has 4 heteroatoms. The Bertz CT molecular complexity index is 433. The van der Waals surface area contributed by atoms with E-state index in [1.54, 1.807) is 0 Å². The van der Waals surface area contributed by atoms with Crippen LogP contribution in [0.2, 0.25) is 0 Å². The van der Waals surface area contributed by atoms with Gasteiger partial charge in [0.15, 0.2) is 0 Å². The quantitative estimate of drug-likeness (QED) is 0.928. The molecule has 1 aromatic carbocycles. The second kappa shape index (κ2) is 7.65. The fourth-order valence-corrected chi connectivity index (χ4v) is 2.86. The van der Waals surface area contributed by atoms with Gasteiger partial charge in [0.2, 0.25) is 0 Å². The SMILES string of the molecule is CCCc1ccc(C(=O)N2CC(CN)CC2C)cc1.Cl. The summed E-state index contributed by atoms with van der Waals surface area (Å²) < 4.78 is 0. The molecule has 1 saturated heterocycles. The third kappa shape index (κ3) is 3.74. The van der Waals surface area contributed by atoms with Crippen molar-refractivity contribution < 1.29 is 4.79 Å². The van der Waals surface area contributed by atoms with E-state index in [0.717, 1.165) is 31.4 Å². The van der Waals surface area contributed by atoms with Crippen molar-refractivity contribution in [3.8, 4) is 0 Å². The Kier molecular flexibility index (Phi) is 6.50. The number of carbonyl (C=O) groups excluding carboxylic acids is 1. The molecule has 1 aliphatic rings. The second-order valence-electron chi connectivity index (χ2n) is 5.59. The number of hydrogen-bond acceptors (Lipinski definition) is 2. The first kappa shape index (κ1) is 17.0. The number of likely N-dealkylation sites (tertiary alicyclic amines) is 1. The molecule has 0 spiro atoms. The van der Waals surface area contributed by atoms with Crippen LogP contribution in [0.1, 0.15) is 42.6 Å². The van der Waals surface area contributed by atoms with Crippen LogP contribution in [0.25, 0.3) is 0 Å². The van der Waals surface area contributed by atoms with Gasteiger partial charge >= 0.3 is 0 Å². The standard InChI is InChI=1S/C16H24N2O.ClH/c1-3-4-13-5-7-15(8-6-13)16(19)18-11-14(10-17)9-12(18)2;/h5-8,12,14H,3-4,9-11,17H2,1-2H3;1H. The number of rotatable bonds is 4. The van der Waals surface area contributed by atoms with Crippen LogP contribution in [-0.2, 0) is 6.42 Å². The molecule has 3 nitrogen and oxygen atoms in total. The number of amides is 1. The van der Waals surface area contributed by atoms with Gasteiger partial charge in [-0.15, -0.1) is 12.4 Å². The zero-order chi connectivity index (χ0) is 13.8. The fourth-order valence-electron chi connectivity index (χ4n) is 2.86. The van der Waals surface area contributed by atoms with Gasteiger partial charge in [-0.1, -0.05) is 25.5 Å². The molecule has 112 valence electrons. The molecule has 2 rings (SSSR count). The average molecular weight is 297 g/mol. The van der Waals surface area contributed by atoms with Gasteiger partial charge in [-0.25, -0.2) is 0 Å². The van der Waals surface area contributed by atoms with Gasteiger partial charge in [-0.2, -0.15) is 0 Å². The Morgan fingerprint density at radius 3 is 2.50 bits per heavy atom. The molecule has 1 amide bonds. The normalized spacial score (nSPS) is 21.6. The van der Waals surface area contributed by atoms with Gasteiger partial charge < -0.3 is 10.6 Å². The molecule has 0 aromatic heterocycles. The molecule has 2 N–H and O–H groups in total. The summed E-state index contributed by atoms with van der Waals surface area (Å²) in [5.41, 5.74) is 7.81. The maximum absolute atomic E-state index is 12.5. The zero-order valence-electron chi connectivity index (χ0n) is 12.3. The minimum atomic E-state index is 0. The Morgan fingerprint density at radius 2 is 2.00 bits per heavy atom. The maximum Gasteiger partial charge on any atom is 0.254 e. The lowest BCUT2D eigenvalue weighted by molar-refractivity contribution is 0.0743. The smallest absolute Gasteiger partial charge is 0.254 e. The summed E-state index contributed by atoms with van der Waals surface area (Å²) >= 11 is 0. The van der Waals surface area contributed by atoms with Crippen molar-refractivity contribution >= 4 is 18.3 Å². The highest BCUT2D eigenvalue weighted by Crippen LogP contribution is 2.24. The van der Waals surface area contributed by atoms with Gasteiger partial charge in [0, 0.05) is 18.2 Å². The Balaban J connectivity index is 0.00000200. The van der Waals surface area contributed by atoms with Gasteiger partial charge in [0.1, 0.15) is 0 Å². The van der Waals surface area contributed by atoms with Crippen LogP contribution in [-0.4, -0.2) is 29.9 Å². The van der Waals surface area contributed by atoms with E-state index in [1.165, 1.54) is 5.56 Å². The molecule has 0 radical (unpaired) electrons. The molecule has 1 fully saturated rings. The van der Waals surface area contributed by atoms with Gasteiger partial charge in [-0.05, 0) is 49.9 Å². The van der Waals surface area contributed by atoms with Crippen LogP contribution in [0.15, 0.2) is 24.3 Å². The Morgan fingerprint density at radius 1 is 1.35 bits per heavy atom. The summed E-state index contributed by atoms with van der Waals surface area (Å²) in [5.74, 6) is 0.602. The molecule has 20 heavy (non-hydrogen) atoms. The number of aryl methyl sites for hydroxylation is 1. The number of nitrogens with two attached hydrogens (primary N) is 1. The van der Waals surface area contributed by atoms with Crippen molar-refractivity contribution in [2.75, 3.05) is 13.1 Å². The minimum absolute atomic E-state index is 0. The maximum atomic E-state index is 12.5. The van der Waals surface area contributed by atoms with E-state index >= 15 is 0 Å².